The summed E-state index contributed by atoms with van der Waals surface area (Å²) in [6.45, 7) is 4.09. The molecule has 0 saturated heterocycles. The molecule has 46 heavy (non-hydrogen) atoms. The van der Waals surface area contributed by atoms with Crippen molar-refractivity contribution in [1.82, 2.24) is 10.5 Å². The number of para-hydroxylation sites is 1. The first-order valence-corrected chi connectivity index (χ1v) is 14.8. The van der Waals surface area contributed by atoms with Gasteiger partial charge in [0.2, 0.25) is 5.91 Å². The van der Waals surface area contributed by atoms with Crippen LogP contribution in [0.1, 0.15) is 57.4 Å². The highest BCUT2D eigenvalue weighted by atomic mass is 16.5. The first-order chi connectivity index (χ1) is 22.1. The zero-order chi connectivity index (χ0) is 32.8. The Hall–Kier alpha value is -5.65. The van der Waals surface area contributed by atoms with Gasteiger partial charge in [-0.15, -0.1) is 0 Å². The van der Waals surface area contributed by atoms with E-state index in [4.69, 9.17) is 9.26 Å². The van der Waals surface area contributed by atoms with Gasteiger partial charge in [-0.2, -0.15) is 0 Å². The third-order valence-corrected chi connectivity index (χ3v) is 7.73. The van der Waals surface area contributed by atoms with Crippen molar-refractivity contribution in [3.05, 3.63) is 100 Å². The maximum atomic E-state index is 13.6. The average molecular weight is 626 g/mol. The molecule has 1 aliphatic rings. The Bertz CT molecular complexity index is 1780. The Kier molecular flexibility index (Phi) is 9.65. The Morgan fingerprint density at radius 3 is 2.50 bits per heavy atom. The average Bonchev–Trinajstić information content (AvgIpc) is 3.48. The van der Waals surface area contributed by atoms with Gasteiger partial charge in [-0.05, 0) is 73.2 Å². The molecule has 1 unspecified atom stereocenters. The van der Waals surface area contributed by atoms with E-state index < -0.39 is 23.9 Å². The highest BCUT2D eigenvalue weighted by Crippen LogP contribution is 2.32. The van der Waals surface area contributed by atoms with Gasteiger partial charge in [-0.25, -0.2) is 4.79 Å². The number of ether oxygens (including phenoxy) is 1. The van der Waals surface area contributed by atoms with E-state index in [0.717, 1.165) is 23.2 Å². The van der Waals surface area contributed by atoms with Gasteiger partial charge in [0, 0.05) is 24.0 Å². The number of aromatic nitrogens is 1. The number of carboxylic acids is 1. The van der Waals surface area contributed by atoms with Gasteiger partial charge in [0.05, 0.1) is 31.7 Å². The summed E-state index contributed by atoms with van der Waals surface area (Å²) in [4.78, 5) is 52.3. The van der Waals surface area contributed by atoms with E-state index >= 15 is 0 Å². The number of aliphatic carboxylic acids is 1. The minimum Gasteiger partial charge on any atom is -0.495 e. The van der Waals surface area contributed by atoms with Gasteiger partial charge in [-0.1, -0.05) is 41.6 Å². The van der Waals surface area contributed by atoms with Crippen LogP contribution in [0.15, 0.2) is 71.3 Å². The molecular formula is C34H35N5O7. The number of nitrogens with zero attached hydrogens (tertiary/aromatic N) is 2. The molecule has 0 radical (unpaired) electrons. The minimum atomic E-state index is -1.07. The zero-order valence-electron chi connectivity index (χ0n) is 25.8. The number of amides is 4. The smallest absolute Gasteiger partial charge is 0.323 e. The van der Waals surface area contributed by atoms with Crippen LogP contribution in [0.2, 0.25) is 0 Å². The van der Waals surface area contributed by atoms with E-state index in [1.54, 1.807) is 42.2 Å². The largest absolute Gasteiger partial charge is 0.495 e. The van der Waals surface area contributed by atoms with Crippen molar-refractivity contribution in [2.75, 3.05) is 29.2 Å². The molecule has 0 spiro atoms. The quantitative estimate of drug-likeness (QED) is 0.182. The monoisotopic (exact) mass is 625 g/mol. The molecule has 4 amide bonds. The van der Waals surface area contributed by atoms with Crippen LogP contribution < -0.4 is 25.6 Å². The maximum Gasteiger partial charge on any atom is 0.323 e. The van der Waals surface area contributed by atoms with Gasteiger partial charge in [0.1, 0.15) is 11.5 Å². The Labute approximate surface area is 265 Å². The Morgan fingerprint density at radius 1 is 1.00 bits per heavy atom. The third-order valence-electron chi connectivity index (χ3n) is 7.73. The molecule has 12 heteroatoms. The van der Waals surface area contributed by atoms with E-state index in [2.05, 4.69) is 21.1 Å². The minimum absolute atomic E-state index is 0.0635. The number of hydrogen-bond acceptors (Lipinski definition) is 7. The fourth-order valence-electron chi connectivity index (χ4n) is 5.43. The van der Waals surface area contributed by atoms with Crippen LogP contribution in [0.5, 0.6) is 5.75 Å². The van der Waals surface area contributed by atoms with Crippen molar-refractivity contribution in [1.29, 1.82) is 0 Å². The molecule has 1 atom stereocenters. The molecule has 1 aliphatic heterocycles. The van der Waals surface area contributed by atoms with Crippen molar-refractivity contribution < 1.29 is 33.5 Å². The number of aryl methyl sites for hydroxylation is 3. The number of fused-ring (bicyclic) bond motifs is 1. The molecule has 12 nitrogen and oxygen atoms in total. The summed E-state index contributed by atoms with van der Waals surface area (Å²) < 4.78 is 10.5. The Morgan fingerprint density at radius 2 is 1.78 bits per heavy atom. The van der Waals surface area contributed by atoms with E-state index in [1.807, 2.05) is 37.3 Å². The highest BCUT2D eigenvalue weighted by molar-refractivity contribution is 6.01. The van der Waals surface area contributed by atoms with Gasteiger partial charge in [0.15, 0.2) is 5.69 Å². The van der Waals surface area contributed by atoms with Gasteiger partial charge in [0.25, 0.3) is 5.91 Å². The molecule has 0 bridgehead atoms. The molecule has 4 N–H and O–H groups in total. The second kappa shape index (κ2) is 14.0. The summed E-state index contributed by atoms with van der Waals surface area (Å²) in [5.74, 6) is -0.849. The number of carbonyl (C=O) groups excluding carboxylic acids is 3. The molecule has 0 fully saturated rings. The molecule has 5 rings (SSSR count). The van der Waals surface area contributed by atoms with Crippen LogP contribution in [0.3, 0.4) is 0 Å². The number of urea groups is 1. The number of carboxylic acid groups (broad SMARTS) is 1. The number of nitrogens with one attached hydrogen (secondary N) is 3. The van der Waals surface area contributed by atoms with E-state index in [1.165, 1.54) is 13.2 Å². The van der Waals surface area contributed by atoms with Crippen molar-refractivity contribution in [3.8, 4) is 5.75 Å². The summed E-state index contributed by atoms with van der Waals surface area (Å²) in [7, 11) is 1.50. The van der Waals surface area contributed by atoms with Crippen molar-refractivity contribution >= 4 is 40.9 Å². The Balaban J connectivity index is 1.28. The lowest BCUT2D eigenvalue weighted by atomic mass is 9.94. The number of hydrogen-bond donors (Lipinski definition) is 4. The molecule has 1 aromatic heterocycles. The fourth-order valence-corrected chi connectivity index (χ4v) is 5.43. The third kappa shape index (κ3) is 7.52. The predicted octanol–water partition coefficient (Wildman–Crippen LogP) is 5.41. The predicted molar refractivity (Wildman–Crippen MR) is 171 cm³/mol. The molecule has 0 saturated carbocycles. The molecule has 238 valence electrons. The van der Waals surface area contributed by atoms with Crippen LogP contribution in [-0.4, -0.2) is 47.7 Å². The first-order valence-electron chi connectivity index (χ1n) is 14.8. The lowest BCUT2D eigenvalue weighted by Crippen LogP contribution is -2.37. The standard InChI is InChI=1S/C34H35N5O7/c1-20-7-4-5-9-25(20)36-34(44)37-26-12-10-22(16-30(26)45-3)17-31(40)39-14-6-8-24-18-23(11-13-29(24)39)27(19-32(41)42)35-33(43)28-15-21(2)46-38-28/h4-5,7,9-13,15-16,18,27H,6,8,14,17,19H2,1-3H3,(H,35,43)(H,41,42)(H2,36,37,44). The summed E-state index contributed by atoms with van der Waals surface area (Å²) in [5.41, 5.74) is 5.10. The first kappa shape index (κ1) is 31.8. The number of carbonyl (C=O) groups is 4. The topological polar surface area (TPSA) is 163 Å². The van der Waals surface area contributed by atoms with Crippen LogP contribution >= 0.6 is 0 Å². The van der Waals surface area contributed by atoms with Crippen molar-refractivity contribution in [2.24, 2.45) is 0 Å². The lowest BCUT2D eigenvalue weighted by Gasteiger charge is -2.31. The van der Waals surface area contributed by atoms with Crippen LogP contribution in [0, 0.1) is 13.8 Å². The summed E-state index contributed by atoms with van der Waals surface area (Å²) in [6.07, 6.45) is 1.19. The SMILES string of the molecule is COc1cc(CC(=O)N2CCCc3cc(C(CC(=O)O)NC(=O)c4cc(C)on4)ccc32)ccc1NC(=O)Nc1ccccc1C. The van der Waals surface area contributed by atoms with E-state index in [9.17, 15) is 24.3 Å². The summed E-state index contributed by atoms with van der Waals surface area (Å²) in [6, 6.07) is 18.3. The number of benzene rings is 3. The summed E-state index contributed by atoms with van der Waals surface area (Å²) >= 11 is 0. The summed E-state index contributed by atoms with van der Waals surface area (Å²) in [5, 5.41) is 21.6. The molecule has 4 aromatic rings. The maximum absolute atomic E-state index is 13.6. The van der Waals surface area contributed by atoms with E-state index in [-0.39, 0.29) is 24.4 Å². The second-order valence-electron chi connectivity index (χ2n) is 11.1. The number of rotatable bonds is 10. The molecule has 2 heterocycles. The lowest BCUT2D eigenvalue weighted by molar-refractivity contribution is -0.137. The van der Waals surface area contributed by atoms with Crippen LogP contribution in [-0.2, 0) is 22.4 Å². The van der Waals surface area contributed by atoms with Crippen molar-refractivity contribution in [3.63, 3.8) is 0 Å². The fraction of sp³-hybridized carbons (Fsp3) is 0.265. The van der Waals surface area contributed by atoms with Crippen LogP contribution in [0.4, 0.5) is 21.9 Å². The van der Waals surface area contributed by atoms with E-state index in [0.29, 0.717) is 47.0 Å². The van der Waals surface area contributed by atoms with Gasteiger partial charge >= 0.3 is 12.0 Å². The number of methoxy groups -OCH3 is 1. The zero-order valence-corrected chi connectivity index (χ0v) is 25.8. The number of anilines is 3. The van der Waals surface area contributed by atoms with Gasteiger partial charge in [-0.3, -0.25) is 14.4 Å². The molecule has 0 aliphatic carbocycles. The van der Waals surface area contributed by atoms with Crippen LogP contribution in [0.25, 0.3) is 0 Å². The molecular weight excluding hydrogens is 590 g/mol. The second-order valence-corrected chi connectivity index (χ2v) is 11.1. The normalized spacial score (nSPS) is 12.9. The van der Waals surface area contributed by atoms with Crippen molar-refractivity contribution in [2.45, 2.75) is 45.6 Å². The van der Waals surface area contributed by atoms with Gasteiger partial charge < -0.3 is 35.2 Å². The molecule has 3 aromatic carbocycles. The highest BCUT2D eigenvalue weighted by Gasteiger charge is 2.26.